The summed E-state index contributed by atoms with van der Waals surface area (Å²) in [7, 11) is 0. The zero-order valence-corrected chi connectivity index (χ0v) is 18.5. The maximum absolute atomic E-state index is 13.1. The average molecular weight is 451 g/mol. The number of nitrogens with zero attached hydrogens (tertiary/aromatic N) is 5. The molecule has 0 atom stereocenters. The van der Waals surface area contributed by atoms with Gasteiger partial charge in [-0.25, -0.2) is 9.97 Å². The van der Waals surface area contributed by atoms with Gasteiger partial charge in [-0.05, 0) is 5.56 Å². The Morgan fingerprint density at radius 2 is 1.81 bits per heavy atom. The summed E-state index contributed by atoms with van der Waals surface area (Å²) in [5, 5.41) is 13.6. The molecule has 1 aliphatic rings. The summed E-state index contributed by atoms with van der Waals surface area (Å²) in [6, 6.07) is 10.3. The number of hydrogen-bond acceptors (Lipinski definition) is 7. The van der Waals surface area contributed by atoms with E-state index in [0.717, 1.165) is 40.8 Å². The number of carbonyl (C=O) groups is 1. The monoisotopic (exact) mass is 450 g/mol. The number of amides is 1. The van der Waals surface area contributed by atoms with Crippen molar-refractivity contribution in [1.29, 1.82) is 0 Å². The Labute approximate surface area is 188 Å². The Kier molecular flexibility index (Phi) is 5.88. The quantitative estimate of drug-likeness (QED) is 0.467. The number of nitrogens with one attached hydrogen (secondary N) is 1. The molecule has 0 saturated heterocycles. The fourth-order valence-electron chi connectivity index (χ4n) is 3.85. The fourth-order valence-corrected chi connectivity index (χ4v) is 5.07. The van der Waals surface area contributed by atoms with Crippen molar-refractivity contribution in [1.82, 2.24) is 30.0 Å². The van der Waals surface area contributed by atoms with Crippen LogP contribution in [0.4, 0.5) is 0 Å². The molecule has 31 heavy (non-hydrogen) atoms. The van der Waals surface area contributed by atoms with Gasteiger partial charge < -0.3 is 5.32 Å². The molecule has 158 valence electrons. The molecule has 1 amide bonds. The van der Waals surface area contributed by atoms with Crippen molar-refractivity contribution in [2.45, 2.75) is 32.6 Å². The molecule has 1 N–H and O–H groups in total. The zero-order valence-electron chi connectivity index (χ0n) is 16.9. The van der Waals surface area contributed by atoms with Crippen LogP contribution < -0.4 is 5.32 Å². The summed E-state index contributed by atoms with van der Waals surface area (Å²) in [5.41, 5.74) is 3.87. The van der Waals surface area contributed by atoms with Crippen molar-refractivity contribution in [3.05, 3.63) is 86.0 Å². The van der Waals surface area contributed by atoms with Crippen LogP contribution in [0.5, 0.6) is 0 Å². The van der Waals surface area contributed by atoms with Gasteiger partial charge in [0, 0.05) is 53.9 Å². The Balaban J connectivity index is 1.40. The van der Waals surface area contributed by atoms with Crippen molar-refractivity contribution < 1.29 is 4.79 Å². The van der Waals surface area contributed by atoms with Gasteiger partial charge in [-0.3, -0.25) is 14.4 Å². The van der Waals surface area contributed by atoms with Gasteiger partial charge in [-0.2, -0.15) is 5.10 Å². The summed E-state index contributed by atoms with van der Waals surface area (Å²) in [6.45, 7) is 3.49. The molecule has 0 spiro atoms. The third-order valence-corrected chi connectivity index (χ3v) is 6.87. The van der Waals surface area contributed by atoms with Gasteiger partial charge in [-0.15, -0.1) is 22.7 Å². The van der Waals surface area contributed by atoms with Crippen molar-refractivity contribution >= 4 is 28.6 Å². The van der Waals surface area contributed by atoms with Crippen molar-refractivity contribution in [2.75, 3.05) is 6.54 Å². The lowest BCUT2D eigenvalue weighted by Gasteiger charge is -2.26. The van der Waals surface area contributed by atoms with Crippen LogP contribution in [0.15, 0.2) is 53.5 Å². The molecule has 7 nitrogen and oxygen atoms in total. The summed E-state index contributed by atoms with van der Waals surface area (Å²) >= 11 is 3.20. The fraction of sp³-hybridized carbons (Fsp3) is 0.273. The minimum atomic E-state index is -0.144. The molecule has 0 fully saturated rings. The second-order valence-corrected chi connectivity index (χ2v) is 9.37. The van der Waals surface area contributed by atoms with E-state index in [1.165, 1.54) is 16.9 Å². The Morgan fingerprint density at radius 3 is 2.55 bits per heavy atom. The molecule has 4 aromatic rings. The van der Waals surface area contributed by atoms with Crippen LogP contribution in [-0.4, -0.2) is 37.1 Å². The van der Waals surface area contributed by atoms with Crippen LogP contribution in [0.1, 0.15) is 37.3 Å². The maximum atomic E-state index is 13.1. The molecule has 0 saturated carbocycles. The number of benzene rings is 1. The molecule has 0 radical (unpaired) electrons. The minimum absolute atomic E-state index is 0.144. The smallest absolute Gasteiger partial charge is 0.272 e. The summed E-state index contributed by atoms with van der Waals surface area (Å²) < 4.78 is 2.00. The molecule has 1 aliphatic heterocycles. The van der Waals surface area contributed by atoms with E-state index < -0.39 is 0 Å². The van der Waals surface area contributed by atoms with Gasteiger partial charge in [0.05, 0.1) is 19.6 Å². The first-order chi connectivity index (χ1) is 15.3. The van der Waals surface area contributed by atoms with Gasteiger partial charge in [0.15, 0.2) is 5.69 Å². The normalized spacial score (nSPS) is 13.8. The molecule has 1 aromatic carbocycles. The number of thiazole rings is 2. The second-order valence-electron chi connectivity index (χ2n) is 7.41. The molecule has 3 aromatic heterocycles. The zero-order chi connectivity index (χ0) is 21.0. The van der Waals surface area contributed by atoms with Crippen molar-refractivity contribution in [3.8, 4) is 0 Å². The minimum Gasteiger partial charge on any atom is -0.344 e. The predicted octanol–water partition coefficient (Wildman–Crippen LogP) is 3.33. The van der Waals surface area contributed by atoms with Crippen LogP contribution in [0.2, 0.25) is 0 Å². The van der Waals surface area contributed by atoms with Crippen LogP contribution in [0.25, 0.3) is 0 Å². The van der Waals surface area contributed by atoms with E-state index in [2.05, 4.69) is 32.3 Å². The van der Waals surface area contributed by atoms with Crippen molar-refractivity contribution in [2.24, 2.45) is 0 Å². The van der Waals surface area contributed by atoms with E-state index >= 15 is 0 Å². The largest absolute Gasteiger partial charge is 0.344 e. The SMILES string of the molecule is O=C(NCc1nccs1)c1nn(Cc2ccccc2)c2c1CN(Cc1nccs1)CC2. The molecular formula is C22H22N6OS2. The highest BCUT2D eigenvalue weighted by molar-refractivity contribution is 7.09. The van der Waals surface area contributed by atoms with E-state index in [-0.39, 0.29) is 5.91 Å². The number of fused-ring (bicyclic) bond motifs is 1. The number of aromatic nitrogens is 4. The molecule has 0 aliphatic carbocycles. The Bertz CT molecular complexity index is 1140. The van der Waals surface area contributed by atoms with Crippen LogP contribution >= 0.6 is 22.7 Å². The summed E-state index contributed by atoms with van der Waals surface area (Å²) in [5.74, 6) is -0.144. The maximum Gasteiger partial charge on any atom is 0.272 e. The second kappa shape index (κ2) is 9.09. The van der Waals surface area contributed by atoms with Crippen LogP contribution in [0.3, 0.4) is 0 Å². The molecule has 5 rings (SSSR count). The first-order valence-corrected chi connectivity index (χ1v) is 11.9. The highest BCUT2D eigenvalue weighted by Crippen LogP contribution is 2.25. The van der Waals surface area contributed by atoms with Crippen LogP contribution in [-0.2, 0) is 32.6 Å². The van der Waals surface area contributed by atoms with Crippen LogP contribution in [0, 0.1) is 0 Å². The Hall–Kier alpha value is -2.88. The Morgan fingerprint density at radius 1 is 1.03 bits per heavy atom. The lowest BCUT2D eigenvalue weighted by atomic mass is 10.0. The van der Waals surface area contributed by atoms with E-state index in [1.54, 1.807) is 17.5 Å². The summed E-state index contributed by atoms with van der Waals surface area (Å²) in [6.07, 6.45) is 4.45. The van der Waals surface area contributed by atoms with Gasteiger partial charge >= 0.3 is 0 Å². The first-order valence-electron chi connectivity index (χ1n) is 10.2. The molecule has 9 heteroatoms. The topological polar surface area (TPSA) is 75.9 Å². The van der Waals surface area contributed by atoms with Crippen molar-refractivity contribution in [3.63, 3.8) is 0 Å². The number of hydrogen-bond donors (Lipinski definition) is 1. The first kappa shape index (κ1) is 20.0. The van der Waals surface area contributed by atoms with E-state index in [4.69, 9.17) is 5.10 Å². The third kappa shape index (κ3) is 4.58. The van der Waals surface area contributed by atoms with E-state index in [0.29, 0.717) is 25.3 Å². The molecule has 0 unspecified atom stereocenters. The molecule has 0 bridgehead atoms. The summed E-state index contributed by atoms with van der Waals surface area (Å²) in [4.78, 5) is 24.1. The molecule has 4 heterocycles. The highest BCUT2D eigenvalue weighted by atomic mass is 32.1. The third-order valence-electron chi connectivity index (χ3n) is 5.33. The lowest BCUT2D eigenvalue weighted by molar-refractivity contribution is 0.0942. The predicted molar refractivity (Wildman–Crippen MR) is 121 cm³/mol. The average Bonchev–Trinajstić information content (AvgIpc) is 3.55. The van der Waals surface area contributed by atoms with E-state index in [1.807, 2.05) is 39.8 Å². The van der Waals surface area contributed by atoms with Gasteiger partial charge in [-0.1, -0.05) is 30.3 Å². The highest BCUT2D eigenvalue weighted by Gasteiger charge is 2.28. The van der Waals surface area contributed by atoms with Gasteiger partial charge in [0.1, 0.15) is 10.0 Å². The van der Waals surface area contributed by atoms with Gasteiger partial charge in [0.25, 0.3) is 5.91 Å². The lowest BCUT2D eigenvalue weighted by Crippen LogP contribution is -2.32. The van der Waals surface area contributed by atoms with Gasteiger partial charge in [0.2, 0.25) is 0 Å². The number of carbonyl (C=O) groups excluding carboxylic acids is 1. The molecular weight excluding hydrogens is 428 g/mol. The standard InChI is InChI=1S/C22H22N6OS2/c29-22(25-12-19-23-7-10-30-19)21-17-14-27(15-20-24-8-11-31-20)9-6-18(17)28(26-21)13-16-4-2-1-3-5-16/h1-5,7-8,10-11H,6,9,12-15H2,(H,25,29). The van der Waals surface area contributed by atoms with E-state index in [9.17, 15) is 4.79 Å². The number of rotatable bonds is 7.